The fraction of sp³-hybridized carbons (Fsp3) is 0.286. The third-order valence-corrected chi connectivity index (χ3v) is 3.65. The van der Waals surface area contributed by atoms with Gasteiger partial charge in [-0.05, 0) is 18.6 Å². The fourth-order valence-electron chi connectivity index (χ4n) is 2.00. The number of hydrogen-bond donors (Lipinski definition) is 2. The molecule has 2 rings (SSSR count). The van der Waals surface area contributed by atoms with Gasteiger partial charge in [-0.2, -0.15) is 18.3 Å². The van der Waals surface area contributed by atoms with E-state index in [0.29, 0.717) is 18.8 Å². The van der Waals surface area contributed by atoms with Gasteiger partial charge in [0.05, 0.1) is 21.8 Å². The van der Waals surface area contributed by atoms with Gasteiger partial charge >= 0.3 is 12.1 Å². The van der Waals surface area contributed by atoms with Crippen LogP contribution in [0.2, 0.25) is 10.0 Å². The molecule has 2 N–H and O–H groups in total. The second kappa shape index (κ2) is 7.31. The first-order valence-electron chi connectivity index (χ1n) is 6.76. The Balaban J connectivity index is 2.27. The lowest BCUT2D eigenvalue weighted by atomic mass is 10.2. The zero-order chi connectivity index (χ0) is 17.9. The number of aliphatic carboxylic acids is 1. The van der Waals surface area contributed by atoms with Gasteiger partial charge in [-0.3, -0.25) is 4.79 Å². The molecule has 5 nitrogen and oxygen atoms in total. The van der Waals surface area contributed by atoms with Crippen LogP contribution in [-0.2, 0) is 11.0 Å². The molecule has 0 aliphatic heterocycles. The topological polar surface area (TPSA) is 67.2 Å². The van der Waals surface area contributed by atoms with Crippen molar-refractivity contribution in [1.29, 1.82) is 0 Å². The molecule has 24 heavy (non-hydrogen) atoms. The van der Waals surface area contributed by atoms with Crippen molar-refractivity contribution in [3.8, 4) is 5.69 Å². The first-order valence-corrected chi connectivity index (χ1v) is 7.52. The molecular formula is C14H12Cl2F3N3O2. The van der Waals surface area contributed by atoms with Crippen molar-refractivity contribution >= 4 is 35.0 Å². The number of aromatic nitrogens is 2. The van der Waals surface area contributed by atoms with Gasteiger partial charge in [0.25, 0.3) is 0 Å². The molecule has 1 aromatic heterocycles. The van der Waals surface area contributed by atoms with Gasteiger partial charge in [0.15, 0.2) is 0 Å². The maximum atomic E-state index is 12.8. The zero-order valence-corrected chi connectivity index (χ0v) is 13.6. The van der Waals surface area contributed by atoms with Crippen LogP contribution in [0.15, 0.2) is 24.4 Å². The standard InChI is InChI=1S/C14H12Cl2F3N3O2/c15-9-6-8(14(17,18)19)7-10(16)13(9)22-11(3-5-21-22)20-4-1-2-12(23)24/h3,5-7,20H,1-2,4H2,(H,23,24). The van der Waals surface area contributed by atoms with E-state index in [1.165, 1.54) is 10.9 Å². The summed E-state index contributed by atoms with van der Waals surface area (Å²) in [6.07, 6.45) is -2.78. The van der Waals surface area contributed by atoms with E-state index < -0.39 is 17.7 Å². The first-order chi connectivity index (χ1) is 11.2. The van der Waals surface area contributed by atoms with Crippen LogP contribution < -0.4 is 5.32 Å². The molecule has 2 aromatic rings. The maximum Gasteiger partial charge on any atom is 0.416 e. The van der Waals surface area contributed by atoms with E-state index in [2.05, 4.69) is 10.4 Å². The number of carboxylic acid groups (broad SMARTS) is 1. The predicted octanol–water partition coefficient (Wildman–Crippen LogP) is 4.47. The van der Waals surface area contributed by atoms with E-state index >= 15 is 0 Å². The van der Waals surface area contributed by atoms with E-state index in [4.69, 9.17) is 28.3 Å². The molecule has 0 radical (unpaired) electrons. The predicted molar refractivity (Wildman–Crippen MR) is 83.9 cm³/mol. The Hall–Kier alpha value is -1.93. The van der Waals surface area contributed by atoms with E-state index in [0.717, 1.165) is 12.1 Å². The summed E-state index contributed by atoms with van der Waals surface area (Å²) < 4.78 is 39.6. The number of halogens is 5. The lowest BCUT2D eigenvalue weighted by Gasteiger charge is -2.15. The van der Waals surface area contributed by atoms with Crippen molar-refractivity contribution in [2.75, 3.05) is 11.9 Å². The van der Waals surface area contributed by atoms with Gasteiger partial charge in [-0.25, -0.2) is 4.68 Å². The van der Waals surface area contributed by atoms with Crippen LogP contribution >= 0.6 is 23.2 Å². The summed E-state index contributed by atoms with van der Waals surface area (Å²) >= 11 is 11.9. The van der Waals surface area contributed by atoms with Crippen molar-refractivity contribution in [2.45, 2.75) is 19.0 Å². The highest BCUT2D eigenvalue weighted by Crippen LogP contribution is 2.38. The SMILES string of the molecule is O=C(O)CCCNc1ccnn1-c1c(Cl)cc(C(F)(F)F)cc1Cl. The van der Waals surface area contributed by atoms with E-state index in [1.54, 1.807) is 6.07 Å². The fourth-order valence-corrected chi connectivity index (χ4v) is 2.65. The van der Waals surface area contributed by atoms with Crippen LogP contribution in [0.5, 0.6) is 0 Å². The number of carbonyl (C=O) groups is 1. The molecule has 0 atom stereocenters. The third kappa shape index (κ3) is 4.33. The lowest BCUT2D eigenvalue weighted by molar-refractivity contribution is -0.138. The van der Waals surface area contributed by atoms with Gasteiger partial charge in [-0.15, -0.1) is 0 Å². The molecule has 1 aromatic carbocycles. The summed E-state index contributed by atoms with van der Waals surface area (Å²) in [4.78, 5) is 10.5. The molecule has 0 unspecified atom stereocenters. The summed E-state index contributed by atoms with van der Waals surface area (Å²) in [6.45, 7) is 0.341. The molecule has 0 saturated carbocycles. The average molecular weight is 382 g/mol. The summed E-state index contributed by atoms with van der Waals surface area (Å²) in [7, 11) is 0. The summed E-state index contributed by atoms with van der Waals surface area (Å²) in [5.74, 6) is -0.483. The van der Waals surface area contributed by atoms with Crippen LogP contribution in [0.1, 0.15) is 18.4 Å². The molecule has 0 aliphatic rings. The number of carboxylic acids is 1. The Labute approximate surface area is 145 Å². The van der Waals surface area contributed by atoms with Gasteiger partial charge in [0.1, 0.15) is 11.5 Å². The number of benzene rings is 1. The normalized spacial score (nSPS) is 11.5. The summed E-state index contributed by atoms with van der Waals surface area (Å²) in [5, 5.41) is 15.1. The van der Waals surface area contributed by atoms with E-state index in [1.807, 2.05) is 0 Å². The van der Waals surface area contributed by atoms with Crippen molar-refractivity contribution in [1.82, 2.24) is 9.78 Å². The second-order valence-corrected chi connectivity index (χ2v) is 5.65. The quantitative estimate of drug-likeness (QED) is 0.724. The molecule has 1 heterocycles. The Morgan fingerprint density at radius 2 is 1.92 bits per heavy atom. The number of alkyl halides is 3. The van der Waals surface area contributed by atoms with Gasteiger partial charge < -0.3 is 10.4 Å². The minimum absolute atomic E-state index is 0.0110. The van der Waals surface area contributed by atoms with Crippen molar-refractivity contribution < 1.29 is 23.1 Å². The third-order valence-electron chi connectivity index (χ3n) is 3.07. The number of rotatable bonds is 6. The van der Waals surface area contributed by atoms with Gasteiger partial charge in [0.2, 0.25) is 0 Å². The molecule has 10 heteroatoms. The van der Waals surface area contributed by atoms with Crippen molar-refractivity contribution in [3.05, 3.63) is 40.0 Å². The second-order valence-electron chi connectivity index (χ2n) is 4.84. The van der Waals surface area contributed by atoms with E-state index in [-0.39, 0.29) is 22.2 Å². The van der Waals surface area contributed by atoms with Crippen LogP contribution in [-0.4, -0.2) is 27.4 Å². The highest BCUT2D eigenvalue weighted by Gasteiger charge is 2.32. The molecular weight excluding hydrogens is 370 g/mol. The molecule has 0 fully saturated rings. The zero-order valence-electron chi connectivity index (χ0n) is 12.1. The molecule has 0 amide bonds. The smallest absolute Gasteiger partial charge is 0.416 e. The Kier molecular flexibility index (Phi) is 5.61. The molecule has 0 aliphatic carbocycles. The summed E-state index contributed by atoms with van der Waals surface area (Å²) in [6, 6.07) is 3.13. The number of nitrogens with one attached hydrogen (secondary N) is 1. The lowest BCUT2D eigenvalue weighted by Crippen LogP contribution is -2.11. The average Bonchev–Trinajstić information content (AvgIpc) is 2.90. The van der Waals surface area contributed by atoms with Gasteiger partial charge in [0, 0.05) is 19.0 Å². The number of anilines is 1. The first kappa shape index (κ1) is 18.4. The van der Waals surface area contributed by atoms with Crippen LogP contribution in [0.3, 0.4) is 0 Å². The number of nitrogens with zero attached hydrogens (tertiary/aromatic N) is 2. The molecule has 0 bridgehead atoms. The maximum absolute atomic E-state index is 12.8. The van der Waals surface area contributed by atoms with E-state index in [9.17, 15) is 18.0 Å². The largest absolute Gasteiger partial charge is 0.481 e. The minimum atomic E-state index is -4.56. The van der Waals surface area contributed by atoms with Crippen LogP contribution in [0.4, 0.5) is 19.0 Å². The van der Waals surface area contributed by atoms with Crippen LogP contribution in [0, 0.1) is 0 Å². The highest BCUT2D eigenvalue weighted by molar-refractivity contribution is 6.37. The summed E-state index contributed by atoms with van der Waals surface area (Å²) in [5.41, 5.74) is -0.846. The van der Waals surface area contributed by atoms with Crippen molar-refractivity contribution in [3.63, 3.8) is 0 Å². The molecule has 0 saturated heterocycles. The van der Waals surface area contributed by atoms with Crippen molar-refractivity contribution in [2.24, 2.45) is 0 Å². The monoisotopic (exact) mass is 381 g/mol. The van der Waals surface area contributed by atoms with Crippen LogP contribution in [0.25, 0.3) is 5.69 Å². The number of hydrogen-bond acceptors (Lipinski definition) is 3. The molecule has 130 valence electrons. The Bertz CT molecular complexity index is 724. The van der Waals surface area contributed by atoms with Gasteiger partial charge in [-0.1, -0.05) is 23.2 Å². The minimum Gasteiger partial charge on any atom is -0.481 e. The molecule has 0 spiro atoms. The Morgan fingerprint density at radius 3 is 2.46 bits per heavy atom. The highest BCUT2D eigenvalue weighted by atomic mass is 35.5. The Morgan fingerprint density at radius 1 is 1.29 bits per heavy atom.